The van der Waals surface area contributed by atoms with E-state index in [0.29, 0.717) is 22.0 Å². The highest BCUT2D eigenvalue weighted by molar-refractivity contribution is 6.35. The Morgan fingerprint density at radius 1 is 1.44 bits per heavy atom. The molecule has 6 heteroatoms. The summed E-state index contributed by atoms with van der Waals surface area (Å²) in [7, 11) is 0. The van der Waals surface area contributed by atoms with Crippen LogP contribution in [0, 0.1) is 0 Å². The molecule has 0 bridgehead atoms. The van der Waals surface area contributed by atoms with Gasteiger partial charge in [-0.1, -0.05) is 29.3 Å². The summed E-state index contributed by atoms with van der Waals surface area (Å²) in [4.78, 5) is 24.0. The van der Waals surface area contributed by atoms with Crippen LogP contribution >= 0.6 is 23.2 Å². The first kappa shape index (κ1) is 13.2. The number of aliphatic carboxylic acids is 1. The lowest BCUT2D eigenvalue weighted by atomic mass is 10.2. The summed E-state index contributed by atoms with van der Waals surface area (Å²) in [6.07, 6.45) is 0.613. The van der Waals surface area contributed by atoms with E-state index in [-0.39, 0.29) is 18.9 Å². The molecule has 0 aromatic heterocycles. The summed E-state index contributed by atoms with van der Waals surface area (Å²) in [5, 5.41) is 9.99. The number of benzene rings is 1. The van der Waals surface area contributed by atoms with Crippen LogP contribution in [0.1, 0.15) is 18.4 Å². The molecule has 1 fully saturated rings. The van der Waals surface area contributed by atoms with Gasteiger partial charge in [0, 0.05) is 23.0 Å². The zero-order valence-electron chi connectivity index (χ0n) is 9.40. The van der Waals surface area contributed by atoms with Crippen LogP contribution in [0.4, 0.5) is 0 Å². The van der Waals surface area contributed by atoms with Crippen molar-refractivity contribution in [3.63, 3.8) is 0 Å². The Bertz CT molecular complexity index is 504. The molecule has 1 aromatic carbocycles. The Morgan fingerprint density at radius 3 is 2.78 bits per heavy atom. The molecule has 1 N–H and O–H groups in total. The largest absolute Gasteiger partial charge is 0.480 e. The minimum atomic E-state index is -0.981. The summed E-state index contributed by atoms with van der Waals surface area (Å²) in [6, 6.07) is 4.19. The second kappa shape index (κ2) is 5.16. The van der Waals surface area contributed by atoms with Crippen LogP contribution in [-0.4, -0.2) is 27.9 Å². The fourth-order valence-electron chi connectivity index (χ4n) is 2.02. The van der Waals surface area contributed by atoms with Crippen LogP contribution < -0.4 is 0 Å². The van der Waals surface area contributed by atoms with Gasteiger partial charge >= 0.3 is 5.97 Å². The third kappa shape index (κ3) is 2.60. The molecule has 1 heterocycles. The smallest absolute Gasteiger partial charge is 0.326 e. The molecule has 0 radical (unpaired) electrons. The summed E-state index contributed by atoms with van der Waals surface area (Å²) in [5.74, 6) is -1.14. The van der Waals surface area contributed by atoms with Gasteiger partial charge < -0.3 is 10.0 Å². The number of carboxylic acids is 1. The van der Waals surface area contributed by atoms with Crippen molar-refractivity contribution < 1.29 is 14.7 Å². The Morgan fingerprint density at radius 2 is 2.17 bits per heavy atom. The van der Waals surface area contributed by atoms with E-state index in [2.05, 4.69) is 0 Å². The van der Waals surface area contributed by atoms with E-state index >= 15 is 0 Å². The molecule has 1 atom stereocenters. The topological polar surface area (TPSA) is 57.6 Å². The number of nitrogens with zero attached hydrogens (tertiary/aromatic N) is 1. The number of hydrogen-bond donors (Lipinski definition) is 1. The van der Waals surface area contributed by atoms with Crippen molar-refractivity contribution >= 4 is 35.1 Å². The molecule has 0 aliphatic carbocycles. The summed E-state index contributed by atoms with van der Waals surface area (Å²) in [6.45, 7) is 0.200. The summed E-state index contributed by atoms with van der Waals surface area (Å²) < 4.78 is 0. The second-order valence-electron chi connectivity index (χ2n) is 4.15. The molecule has 1 aromatic rings. The number of halogens is 2. The van der Waals surface area contributed by atoms with Crippen LogP contribution in [-0.2, 0) is 16.1 Å². The Kier molecular flexibility index (Phi) is 3.78. The van der Waals surface area contributed by atoms with Crippen LogP contribution in [0.25, 0.3) is 0 Å². The average Bonchev–Trinajstić information content (AvgIpc) is 2.64. The number of amides is 1. The van der Waals surface area contributed by atoms with E-state index in [4.69, 9.17) is 28.3 Å². The molecule has 1 saturated heterocycles. The molecule has 1 aliphatic heterocycles. The van der Waals surface area contributed by atoms with Crippen LogP contribution in [0.15, 0.2) is 18.2 Å². The molecular weight excluding hydrogens is 277 g/mol. The molecule has 18 heavy (non-hydrogen) atoms. The second-order valence-corrected chi connectivity index (χ2v) is 4.99. The van der Waals surface area contributed by atoms with E-state index in [1.807, 2.05) is 0 Å². The van der Waals surface area contributed by atoms with E-state index in [1.165, 1.54) is 4.90 Å². The number of likely N-dealkylation sites (tertiary alicyclic amines) is 1. The lowest BCUT2D eigenvalue weighted by Crippen LogP contribution is -2.37. The maximum Gasteiger partial charge on any atom is 0.326 e. The van der Waals surface area contributed by atoms with Crippen molar-refractivity contribution in [2.24, 2.45) is 0 Å². The fourth-order valence-corrected chi connectivity index (χ4v) is 2.49. The van der Waals surface area contributed by atoms with E-state index in [9.17, 15) is 9.59 Å². The lowest BCUT2D eigenvalue weighted by Gasteiger charge is -2.22. The van der Waals surface area contributed by atoms with Gasteiger partial charge in [-0.05, 0) is 24.1 Å². The van der Waals surface area contributed by atoms with Crippen LogP contribution in [0.3, 0.4) is 0 Å². The van der Waals surface area contributed by atoms with Crippen LogP contribution in [0.5, 0.6) is 0 Å². The molecule has 1 amide bonds. The Hall–Kier alpha value is -1.26. The van der Waals surface area contributed by atoms with Crippen molar-refractivity contribution in [1.29, 1.82) is 0 Å². The van der Waals surface area contributed by atoms with E-state index in [1.54, 1.807) is 18.2 Å². The third-order valence-corrected chi connectivity index (χ3v) is 3.56. The van der Waals surface area contributed by atoms with E-state index < -0.39 is 12.0 Å². The van der Waals surface area contributed by atoms with Crippen molar-refractivity contribution in [1.82, 2.24) is 4.90 Å². The zero-order valence-corrected chi connectivity index (χ0v) is 10.9. The number of carboxylic acid groups (broad SMARTS) is 1. The van der Waals surface area contributed by atoms with Gasteiger partial charge in [-0.25, -0.2) is 4.79 Å². The van der Waals surface area contributed by atoms with Crippen molar-refractivity contribution in [3.05, 3.63) is 33.8 Å². The maximum absolute atomic E-state index is 11.7. The minimum absolute atomic E-state index is 0.159. The molecule has 0 spiro atoms. The first-order chi connectivity index (χ1) is 8.49. The van der Waals surface area contributed by atoms with Gasteiger partial charge in [-0.3, -0.25) is 4.79 Å². The zero-order chi connectivity index (χ0) is 13.3. The van der Waals surface area contributed by atoms with Crippen molar-refractivity contribution in [2.45, 2.75) is 25.4 Å². The first-order valence-electron chi connectivity index (χ1n) is 5.45. The fraction of sp³-hybridized carbons (Fsp3) is 0.333. The monoisotopic (exact) mass is 287 g/mol. The predicted octanol–water partition coefficient (Wildman–Crippen LogP) is 2.57. The van der Waals surface area contributed by atoms with Gasteiger partial charge in [0.2, 0.25) is 5.91 Å². The number of carbonyl (C=O) groups excluding carboxylic acids is 1. The molecule has 1 aliphatic rings. The Balaban J connectivity index is 2.21. The Labute approximate surface area is 114 Å². The lowest BCUT2D eigenvalue weighted by molar-refractivity contribution is -0.146. The van der Waals surface area contributed by atoms with Gasteiger partial charge in [0.25, 0.3) is 0 Å². The van der Waals surface area contributed by atoms with E-state index in [0.717, 1.165) is 0 Å². The molecule has 0 saturated carbocycles. The molecule has 2 rings (SSSR count). The van der Waals surface area contributed by atoms with Gasteiger partial charge in [-0.2, -0.15) is 0 Å². The highest BCUT2D eigenvalue weighted by Crippen LogP contribution is 2.26. The normalized spacial score (nSPS) is 19.3. The highest BCUT2D eigenvalue weighted by Gasteiger charge is 2.36. The predicted molar refractivity (Wildman–Crippen MR) is 67.7 cm³/mol. The van der Waals surface area contributed by atoms with Gasteiger partial charge in [0.15, 0.2) is 0 Å². The number of hydrogen-bond acceptors (Lipinski definition) is 2. The van der Waals surface area contributed by atoms with Crippen molar-refractivity contribution in [2.75, 3.05) is 0 Å². The SMILES string of the molecule is O=C(O)[C@@H]1CCC(=O)N1Cc1ccc(Cl)cc1Cl. The number of rotatable bonds is 3. The molecule has 4 nitrogen and oxygen atoms in total. The highest BCUT2D eigenvalue weighted by atomic mass is 35.5. The average molecular weight is 288 g/mol. The molecule has 0 unspecified atom stereocenters. The van der Waals surface area contributed by atoms with Crippen LogP contribution in [0.2, 0.25) is 10.0 Å². The summed E-state index contributed by atoms with van der Waals surface area (Å²) >= 11 is 11.8. The molecule has 96 valence electrons. The minimum Gasteiger partial charge on any atom is -0.480 e. The molecular formula is C12H11Cl2NO3. The van der Waals surface area contributed by atoms with Gasteiger partial charge in [0.1, 0.15) is 6.04 Å². The van der Waals surface area contributed by atoms with Gasteiger partial charge in [0.05, 0.1) is 0 Å². The van der Waals surface area contributed by atoms with Crippen molar-refractivity contribution in [3.8, 4) is 0 Å². The number of carbonyl (C=O) groups is 2. The van der Waals surface area contributed by atoms with Gasteiger partial charge in [-0.15, -0.1) is 0 Å². The standard InChI is InChI=1S/C12H11Cl2NO3/c13-8-2-1-7(9(14)5-8)6-15-10(12(17)18)3-4-11(15)16/h1-2,5,10H,3-4,6H2,(H,17,18)/t10-/m0/s1. The maximum atomic E-state index is 11.7. The quantitative estimate of drug-likeness (QED) is 0.930. The third-order valence-electron chi connectivity index (χ3n) is 2.97. The first-order valence-corrected chi connectivity index (χ1v) is 6.21. The summed E-state index contributed by atoms with van der Waals surface area (Å²) in [5.41, 5.74) is 0.697.